The van der Waals surface area contributed by atoms with Crippen molar-refractivity contribution in [1.82, 2.24) is 0 Å². The van der Waals surface area contributed by atoms with Crippen molar-refractivity contribution in [3.63, 3.8) is 0 Å². The van der Waals surface area contributed by atoms with Gasteiger partial charge >= 0.3 is 0 Å². The van der Waals surface area contributed by atoms with Gasteiger partial charge in [-0.25, -0.2) is 0 Å². The molecule has 0 amide bonds. The second-order valence-electron chi connectivity index (χ2n) is 3.93. The van der Waals surface area contributed by atoms with Crippen LogP contribution >= 0.6 is 11.6 Å². The molecule has 0 aliphatic heterocycles. The van der Waals surface area contributed by atoms with E-state index in [0.717, 1.165) is 0 Å². The van der Waals surface area contributed by atoms with Gasteiger partial charge < -0.3 is 0 Å². The van der Waals surface area contributed by atoms with Gasteiger partial charge in [0.25, 0.3) is 0 Å². The SMILES string of the molecule is ClCc1cccc2c1ccc1ccccc12. The van der Waals surface area contributed by atoms with E-state index in [1.54, 1.807) is 0 Å². The fourth-order valence-corrected chi connectivity index (χ4v) is 2.46. The van der Waals surface area contributed by atoms with Gasteiger partial charge in [0.15, 0.2) is 0 Å². The van der Waals surface area contributed by atoms with Crippen molar-refractivity contribution in [2.45, 2.75) is 5.88 Å². The van der Waals surface area contributed by atoms with E-state index in [2.05, 4.69) is 54.6 Å². The summed E-state index contributed by atoms with van der Waals surface area (Å²) in [4.78, 5) is 0. The van der Waals surface area contributed by atoms with Crippen LogP contribution in [0.1, 0.15) is 5.56 Å². The number of halogens is 1. The lowest BCUT2D eigenvalue weighted by atomic mass is 9.99. The summed E-state index contributed by atoms with van der Waals surface area (Å²) in [6, 6.07) is 19.1. The summed E-state index contributed by atoms with van der Waals surface area (Å²) in [5, 5.41) is 5.13. The molecule has 0 unspecified atom stereocenters. The lowest BCUT2D eigenvalue weighted by molar-refractivity contribution is 1.46. The monoisotopic (exact) mass is 226 g/mol. The van der Waals surface area contributed by atoms with E-state index >= 15 is 0 Å². The Balaban J connectivity index is 2.52. The van der Waals surface area contributed by atoms with E-state index in [1.807, 2.05) is 0 Å². The van der Waals surface area contributed by atoms with Gasteiger partial charge in [-0.2, -0.15) is 0 Å². The lowest BCUT2D eigenvalue weighted by Crippen LogP contribution is -1.83. The summed E-state index contributed by atoms with van der Waals surface area (Å²) in [7, 11) is 0. The zero-order valence-electron chi connectivity index (χ0n) is 8.78. The molecule has 0 aliphatic carbocycles. The molecule has 78 valence electrons. The predicted octanol–water partition coefficient (Wildman–Crippen LogP) is 4.73. The van der Waals surface area contributed by atoms with Gasteiger partial charge in [-0.15, -0.1) is 11.6 Å². The predicted molar refractivity (Wildman–Crippen MR) is 71.0 cm³/mol. The van der Waals surface area contributed by atoms with E-state index in [-0.39, 0.29) is 0 Å². The Morgan fingerprint density at radius 3 is 2.38 bits per heavy atom. The Morgan fingerprint density at radius 1 is 0.688 bits per heavy atom. The number of hydrogen-bond acceptors (Lipinski definition) is 0. The van der Waals surface area contributed by atoms with Crippen molar-refractivity contribution in [2.75, 3.05) is 0 Å². The summed E-state index contributed by atoms with van der Waals surface area (Å²) >= 11 is 5.96. The topological polar surface area (TPSA) is 0 Å². The van der Waals surface area contributed by atoms with Crippen LogP contribution in [0, 0.1) is 0 Å². The molecule has 3 rings (SSSR count). The van der Waals surface area contributed by atoms with Gasteiger partial charge in [0, 0.05) is 5.88 Å². The maximum Gasteiger partial charge on any atom is 0.0480 e. The van der Waals surface area contributed by atoms with Crippen LogP contribution in [0.3, 0.4) is 0 Å². The first-order chi connectivity index (χ1) is 7.90. The van der Waals surface area contributed by atoms with Gasteiger partial charge in [0.1, 0.15) is 0 Å². The van der Waals surface area contributed by atoms with E-state index in [4.69, 9.17) is 11.6 Å². The Hall–Kier alpha value is -1.53. The highest BCUT2D eigenvalue weighted by atomic mass is 35.5. The van der Waals surface area contributed by atoms with Crippen molar-refractivity contribution in [2.24, 2.45) is 0 Å². The molecular weight excluding hydrogens is 216 g/mol. The van der Waals surface area contributed by atoms with Crippen LogP contribution in [0.4, 0.5) is 0 Å². The molecule has 0 radical (unpaired) electrons. The molecule has 0 aromatic heterocycles. The zero-order chi connectivity index (χ0) is 11.0. The van der Waals surface area contributed by atoms with Gasteiger partial charge in [-0.1, -0.05) is 54.6 Å². The molecule has 0 nitrogen and oxygen atoms in total. The minimum Gasteiger partial charge on any atom is -0.122 e. The molecule has 16 heavy (non-hydrogen) atoms. The number of rotatable bonds is 1. The third-order valence-corrected chi connectivity index (χ3v) is 3.31. The largest absolute Gasteiger partial charge is 0.122 e. The maximum atomic E-state index is 5.96. The van der Waals surface area contributed by atoms with E-state index in [0.29, 0.717) is 5.88 Å². The molecule has 0 N–H and O–H groups in total. The van der Waals surface area contributed by atoms with Crippen LogP contribution in [0.5, 0.6) is 0 Å². The first-order valence-electron chi connectivity index (χ1n) is 5.35. The highest BCUT2D eigenvalue weighted by molar-refractivity contribution is 6.19. The van der Waals surface area contributed by atoms with Crippen molar-refractivity contribution in [3.8, 4) is 0 Å². The smallest absolute Gasteiger partial charge is 0.0480 e. The summed E-state index contributed by atoms with van der Waals surface area (Å²) < 4.78 is 0. The third kappa shape index (κ3) is 1.38. The van der Waals surface area contributed by atoms with Crippen molar-refractivity contribution in [3.05, 3.63) is 60.2 Å². The maximum absolute atomic E-state index is 5.96. The fourth-order valence-electron chi connectivity index (χ4n) is 2.22. The average Bonchev–Trinajstić information content (AvgIpc) is 2.37. The summed E-state index contributed by atoms with van der Waals surface area (Å²) in [6.45, 7) is 0. The van der Waals surface area contributed by atoms with Crippen molar-refractivity contribution >= 4 is 33.1 Å². The molecule has 0 spiro atoms. The second-order valence-corrected chi connectivity index (χ2v) is 4.20. The fraction of sp³-hybridized carbons (Fsp3) is 0.0667. The first-order valence-corrected chi connectivity index (χ1v) is 5.89. The highest BCUT2D eigenvalue weighted by Crippen LogP contribution is 2.28. The highest BCUT2D eigenvalue weighted by Gasteiger charge is 2.02. The number of benzene rings is 3. The van der Waals surface area contributed by atoms with Gasteiger partial charge in [-0.05, 0) is 27.1 Å². The molecule has 0 aliphatic rings. The number of fused-ring (bicyclic) bond motifs is 3. The summed E-state index contributed by atoms with van der Waals surface area (Å²) in [5.41, 5.74) is 1.20. The quantitative estimate of drug-likeness (QED) is 0.416. The lowest BCUT2D eigenvalue weighted by Gasteiger charge is -2.06. The minimum atomic E-state index is 0.565. The van der Waals surface area contributed by atoms with Crippen LogP contribution in [0.2, 0.25) is 0 Å². The normalized spacial score (nSPS) is 11.1. The second kappa shape index (κ2) is 3.80. The molecule has 0 fully saturated rings. The molecule has 0 saturated heterocycles. The van der Waals surface area contributed by atoms with Gasteiger partial charge in [0.2, 0.25) is 0 Å². The molecule has 0 bridgehead atoms. The Labute approximate surface area is 99.5 Å². The standard InChI is InChI=1S/C15H11Cl/c16-10-12-5-3-7-15-13-6-2-1-4-11(13)8-9-14(12)15/h1-9H,10H2. The number of hydrogen-bond donors (Lipinski definition) is 0. The van der Waals surface area contributed by atoms with Crippen LogP contribution < -0.4 is 0 Å². The van der Waals surface area contributed by atoms with Gasteiger partial charge in [0.05, 0.1) is 0 Å². The molecule has 0 saturated carbocycles. The molecule has 0 atom stereocenters. The Bertz CT molecular complexity index is 656. The molecule has 3 aromatic carbocycles. The van der Waals surface area contributed by atoms with Crippen molar-refractivity contribution < 1.29 is 0 Å². The van der Waals surface area contributed by atoms with Crippen LogP contribution in [0.25, 0.3) is 21.5 Å². The average molecular weight is 227 g/mol. The molecule has 3 aromatic rings. The van der Waals surface area contributed by atoms with Crippen LogP contribution in [0.15, 0.2) is 54.6 Å². The van der Waals surface area contributed by atoms with Gasteiger partial charge in [-0.3, -0.25) is 0 Å². The van der Waals surface area contributed by atoms with E-state index < -0.39 is 0 Å². The van der Waals surface area contributed by atoms with E-state index in [1.165, 1.54) is 27.1 Å². The van der Waals surface area contributed by atoms with E-state index in [9.17, 15) is 0 Å². The zero-order valence-corrected chi connectivity index (χ0v) is 9.54. The summed E-state index contributed by atoms with van der Waals surface area (Å²) in [6.07, 6.45) is 0. The minimum absolute atomic E-state index is 0.565. The summed E-state index contributed by atoms with van der Waals surface area (Å²) in [5.74, 6) is 0.565. The number of alkyl halides is 1. The first kappa shape index (κ1) is 9.68. The Morgan fingerprint density at radius 2 is 1.50 bits per heavy atom. The Kier molecular flexibility index (Phi) is 2.30. The van der Waals surface area contributed by atoms with Crippen molar-refractivity contribution in [1.29, 1.82) is 0 Å². The van der Waals surface area contributed by atoms with Crippen LogP contribution in [-0.2, 0) is 5.88 Å². The molecular formula is C15H11Cl. The molecule has 0 heterocycles. The third-order valence-electron chi connectivity index (χ3n) is 3.02. The van der Waals surface area contributed by atoms with Crippen LogP contribution in [-0.4, -0.2) is 0 Å². The molecule has 1 heteroatoms.